The third-order valence-corrected chi connectivity index (χ3v) is 3.56. The molecule has 1 heterocycles. The van der Waals surface area contributed by atoms with Crippen molar-refractivity contribution in [3.05, 3.63) is 41.2 Å². The molecular formula is C18H27N3O. The number of rotatable bonds is 6. The van der Waals surface area contributed by atoms with Crippen LogP contribution in [-0.4, -0.2) is 22.0 Å². The molecule has 0 atom stereocenters. The number of aromatic nitrogens is 3. The van der Waals surface area contributed by atoms with Gasteiger partial charge in [-0.05, 0) is 41.4 Å². The summed E-state index contributed by atoms with van der Waals surface area (Å²) in [6.45, 7) is 11.8. The topological polar surface area (TPSA) is 50.8 Å². The van der Waals surface area contributed by atoms with E-state index in [1.54, 1.807) is 6.20 Å². The summed E-state index contributed by atoms with van der Waals surface area (Å²) >= 11 is 0. The van der Waals surface area contributed by atoms with E-state index in [-0.39, 0.29) is 5.41 Å². The minimum atomic E-state index is 0.0657. The van der Waals surface area contributed by atoms with Gasteiger partial charge in [-0.2, -0.15) is 15.4 Å². The van der Waals surface area contributed by atoms with Gasteiger partial charge in [0.05, 0.1) is 18.5 Å². The molecule has 120 valence electrons. The van der Waals surface area contributed by atoms with Gasteiger partial charge in [-0.3, -0.25) is 0 Å². The smallest absolute Gasteiger partial charge is 0.123 e. The van der Waals surface area contributed by atoms with Crippen LogP contribution in [0.15, 0.2) is 24.4 Å². The summed E-state index contributed by atoms with van der Waals surface area (Å²) in [7, 11) is 0. The van der Waals surface area contributed by atoms with Crippen LogP contribution in [0, 0.1) is 5.92 Å². The summed E-state index contributed by atoms with van der Waals surface area (Å²) in [5.74, 6) is 1.53. The normalized spacial score (nSPS) is 11.9. The van der Waals surface area contributed by atoms with Crippen molar-refractivity contribution in [3.8, 4) is 5.75 Å². The Labute approximate surface area is 133 Å². The van der Waals surface area contributed by atoms with Gasteiger partial charge >= 0.3 is 0 Å². The van der Waals surface area contributed by atoms with Gasteiger partial charge in [-0.25, -0.2) is 0 Å². The Kier molecular flexibility index (Phi) is 5.22. The van der Waals surface area contributed by atoms with Gasteiger partial charge in [0.25, 0.3) is 0 Å². The molecule has 0 amide bonds. The van der Waals surface area contributed by atoms with Crippen molar-refractivity contribution in [1.29, 1.82) is 0 Å². The Morgan fingerprint density at radius 2 is 1.95 bits per heavy atom. The van der Waals surface area contributed by atoms with Gasteiger partial charge in [0, 0.05) is 0 Å². The first-order chi connectivity index (χ1) is 10.4. The van der Waals surface area contributed by atoms with Crippen molar-refractivity contribution in [2.45, 2.75) is 52.9 Å². The van der Waals surface area contributed by atoms with Crippen molar-refractivity contribution in [2.75, 3.05) is 6.61 Å². The van der Waals surface area contributed by atoms with E-state index in [0.717, 1.165) is 30.9 Å². The molecule has 1 aromatic heterocycles. The van der Waals surface area contributed by atoms with E-state index in [4.69, 9.17) is 4.74 Å². The first kappa shape index (κ1) is 16.5. The summed E-state index contributed by atoms with van der Waals surface area (Å²) in [6.07, 6.45) is 3.64. The molecule has 0 saturated heterocycles. The highest BCUT2D eigenvalue weighted by Gasteiger charge is 2.20. The van der Waals surface area contributed by atoms with Crippen molar-refractivity contribution >= 4 is 0 Å². The molecule has 4 heteroatoms. The summed E-state index contributed by atoms with van der Waals surface area (Å²) in [5.41, 5.74) is 3.64. The Morgan fingerprint density at radius 3 is 2.55 bits per heavy atom. The van der Waals surface area contributed by atoms with Gasteiger partial charge in [-0.1, -0.05) is 46.8 Å². The minimum absolute atomic E-state index is 0.0657. The Balaban J connectivity index is 2.15. The lowest BCUT2D eigenvalue weighted by atomic mass is 9.85. The zero-order valence-electron chi connectivity index (χ0n) is 14.3. The van der Waals surface area contributed by atoms with Crippen molar-refractivity contribution in [3.63, 3.8) is 0 Å². The Morgan fingerprint density at radius 1 is 1.18 bits per heavy atom. The fourth-order valence-corrected chi connectivity index (χ4v) is 2.32. The lowest BCUT2D eigenvalue weighted by Gasteiger charge is -2.24. The van der Waals surface area contributed by atoms with Gasteiger partial charge < -0.3 is 4.74 Å². The molecule has 0 unspecified atom stereocenters. The molecule has 0 aliphatic heterocycles. The number of benzene rings is 1. The van der Waals surface area contributed by atoms with Crippen LogP contribution in [0.25, 0.3) is 0 Å². The third kappa shape index (κ3) is 4.58. The van der Waals surface area contributed by atoms with Crippen LogP contribution >= 0.6 is 0 Å². The molecule has 4 nitrogen and oxygen atoms in total. The number of aryl methyl sites for hydroxylation is 2. The number of hydrogen-bond donors (Lipinski definition) is 1. The highest BCUT2D eigenvalue weighted by molar-refractivity contribution is 5.41. The van der Waals surface area contributed by atoms with E-state index in [9.17, 15) is 0 Å². The highest BCUT2D eigenvalue weighted by Crippen LogP contribution is 2.32. The van der Waals surface area contributed by atoms with Crippen LogP contribution in [0.3, 0.4) is 0 Å². The van der Waals surface area contributed by atoms with E-state index in [2.05, 4.69) is 68.2 Å². The Hall–Kier alpha value is -1.84. The van der Waals surface area contributed by atoms with Gasteiger partial charge in [0.2, 0.25) is 0 Å². The fourth-order valence-electron chi connectivity index (χ4n) is 2.32. The van der Waals surface area contributed by atoms with E-state index in [0.29, 0.717) is 5.92 Å². The maximum atomic E-state index is 6.00. The van der Waals surface area contributed by atoms with Crippen LogP contribution in [0.5, 0.6) is 5.75 Å². The molecule has 0 radical (unpaired) electrons. The zero-order valence-corrected chi connectivity index (χ0v) is 14.3. The van der Waals surface area contributed by atoms with Crippen LogP contribution in [0.2, 0.25) is 0 Å². The number of ether oxygens (including phenoxy) is 1. The number of nitrogens with one attached hydrogen (secondary N) is 1. The van der Waals surface area contributed by atoms with Crippen molar-refractivity contribution < 1.29 is 4.74 Å². The largest absolute Gasteiger partial charge is 0.493 e. The fraction of sp³-hybridized carbons (Fsp3) is 0.556. The number of aromatic amines is 1. The van der Waals surface area contributed by atoms with E-state index in [1.165, 1.54) is 11.1 Å². The SMILES string of the molecule is CC(C)COc1ccc(CCc2cn[nH]n2)cc1C(C)(C)C. The summed E-state index contributed by atoms with van der Waals surface area (Å²) in [5, 5.41) is 10.6. The molecule has 2 rings (SSSR count). The molecular weight excluding hydrogens is 274 g/mol. The molecule has 1 N–H and O–H groups in total. The maximum Gasteiger partial charge on any atom is 0.123 e. The summed E-state index contributed by atoms with van der Waals surface area (Å²) < 4.78 is 6.00. The molecule has 0 fully saturated rings. The van der Waals surface area contributed by atoms with Crippen molar-refractivity contribution in [2.24, 2.45) is 5.92 Å². The van der Waals surface area contributed by atoms with E-state index >= 15 is 0 Å². The van der Waals surface area contributed by atoms with Gasteiger partial charge in [0.1, 0.15) is 5.75 Å². The molecule has 2 aromatic rings. The molecule has 22 heavy (non-hydrogen) atoms. The average molecular weight is 301 g/mol. The molecule has 0 aliphatic carbocycles. The number of nitrogens with zero attached hydrogens (tertiary/aromatic N) is 2. The molecule has 1 aromatic carbocycles. The van der Waals surface area contributed by atoms with E-state index in [1.807, 2.05) is 0 Å². The maximum absolute atomic E-state index is 6.00. The van der Waals surface area contributed by atoms with Crippen LogP contribution in [0.4, 0.5) is 0 Å². The first-order valence-corrected chi connectivity index (χ1v) is 7.97. The average Bonchev–Trinajstić information content (AvgIpc) is 2.95. The van der Waals surface area contributed by atoms with E-state index < -0.39 is 0 Å². The van der Waals surface area contributed by atoms with Gasteiger partial charge in [0.15, 0.2) is 0 Å². The number of hydrogen-bond acceptors (Lipinski definition) is 3. The monoisotopic (exact) mass is 301 g/mol. The third-order valence-electron chi connectivity index (χ3n) is 3.56. The predicted octanol–water partition coefficient (Wildman–Crippen LogP) is 3.92. The lowest BCUT2D eigenvalue weighted by molar-refractivity contribution is 0.265. The van der Waals surface area contributed by atoms with Gasteiger partial charge in [-0.15, -0.1) is 0 Å². The molecule has 0 aliphatic rings. The first-order valence-electron chi connectivity index (χ1n) is 7.97. The highest BCUT2D eigenvalue weighted by atomic mass is 16.5. The Bertz CT molecular complexity index is 583. The molecule has 0 saturated carbocycles. The lowest BCUT2D eigenvalue weighted by Crippen LogP contribution is -2.15. The quantitative estimate of drug-likeness (QED) is 0.879. The summed E-state index contributed by atoms with van der Waals surface area (Å²) in [6, 6.07) is 6.54. The number of H-pyrrole nitrogens is 1. The zero-order chi connectivity index (χ0) is 16.2. The minimum Gasteiger partial charge on any atom is -0.493 e. The second-order valence-corrected chi connectivity index (χ2v) is 7.25. The summed E-state index contributed by atoms with van der Waals surface area (Å²) in [4.78, 5) is 0. The second kappa shape index (κ2) is 6.95. The molecule has 0 bridgehead atoms. The van der Waals surface area contributed by atoms with Crippen LogP contribution in [-0.2, 0) is 18.3 Å². The standard InChI is InChI=1S/C18H27N3O/c1-13(2)12-22-17-9-7-14(10-16(17)18(3,4)5)6-8-15-11-19-21-20-15/h7,9-11,13H,6,8,12H2,1-5H3,(H,19,20,21). The molecule has 0 spiro atoms. The van der Waals surface area contributed by atoms with Crippen molar-refractivity contribution in [1.82, 2.24) is 15.4 Å². The van der Waals surface area contributed by atoms with Crippen LogP contribution in [0.1, 0.15) is 51.4 Å². The predicted molar refractivity (Wildman–Crippen MR) is 89.3 cm³/mol. The van der Waals surface area contributed by atoms with Crippen LogP contribution < -0.4 is 4.74 Å². The second-order valence-electron chi connectivity index (χ2n) is 7.25.